The Labute approximate surface area is 110 Å². The topological polar surface area (TPSA) is 20.3 Å². The third kappa shape index (κ3) is 1.72. The monoisotopic (exact) mass is 247 g/mol. The third-order valence-electron chi connectivity index (χ3n) is 5.79. The number of fused-ring (bicyclic) bond motifs is 1. The summed E-state index contributed by atoms with van der Waals surface area (Å²) in [5, 5.41) is 0. The van der Waals surface area contributed by atoms with E-state index in [1.165, 1.54) is 19.3 Å². The van der Waals surface area contributed by atoms with Crippen LogP contribution in [-0.2, 0) is 4.79 Å². The summed E-state index contributed by atoms with van der Waals surface area (Å²) in [6.07, 6.45) is 6.96. The van der Waals surface area contributed by atoms with Crippen molar-refractivity contribution in [1.82, 2.24) is 4.90 Å². The number of likely N-dealkylation sites (tertiary alicyclic amines) is 1. The number of carbonyl (C=O) groups is 1. The average molecular weight is 247 g/mol. The molecule has 2 heteroatoms. The second kappa shape index (κ2) is 4.11. The van der Waals surface area contributed by atoms with Crippen LogP contribution in [0.15, 0.2) is 11.6 Å². The van der Waals surface area contributed by atoms with Crippen molar-refractivity contribution in [2.75, 3.05) is 13.1 Å². The van der Waals surface area contributed by atoms with Crippen LogP contribution in [-0.4, -0.2) is 23.9 Å². The van der Waals surface area contributed by atoms with Crippen molar-refractivity contribution in [2.24, 2.45) is 23.2 Å². The summed E-state index contributed by atoms with van der Waals surface area (Å²) < 4.78 is 0. The molecule has 1 heterocycles. The molecule has 1 saturated carbocycles. The van der Waals surface area contributed by atoms with Crippen LogP contribution in [0, 0.1) is 23.2 Å². The highest BCUT2D eigenvalue weighted by Gasteiger charge is 2.53. The number of hydrogen-bond acceptors (Lipinski definition) is 1. The van der Waals surface area contributed by atoms with Crippen LogP contribution in [0.25, 0.3) is 0 Å². The molecule has 4 rings (SSSR count). The molecule has 1 aliphatic heterocycles. The minimum Gasteiger partial charge on any atom is -0.339 e. The van der Waals surface area contributed by atoms with Crippen molar-refractivity contribution in [2.45, 2.75) is 46.5 Å². The minimum absolute atomic E-state index is 0.345. The number of carbonyl (C=O) groups excluding carboxylic acids is 1. The largest absolute Gasteiger partial charge is 0.339 e. The lowest BCUT2D eigenvalue weighted by atomic mass is 9.48. The molecule has 100 valence electrons. The molecule has 0 aromatic rings. The molecule has 0 unspecified atom stereocenters. The van der Waals surface area contributed by atoms with Crippen molar-refractivity contribution in [3.05, 3.63) is 11.6 Å². The van der Waals surface area contributed by atoms with Gasteiger partial charge in [0, 0.05) is 18.7 Å². The highest BCUT2D eigenvalue weighted by atomic mass is 16.2. The van der Waals surface area contributed by atoms with Gasteiger partial charge in [-0.1, -0.05) is 26.8 Å². The van der Waals surface area contributed by atoms with E-state index in [2.05, 4.69) is 31.7 Å². The molecule has 3 aliphatic carbocycles. The standard InChI is InChI=1S/C16H25NO/c1-11-6-8-17(9-7-11)15(18)13-5-4-12-10-14(13)16(12,2)3/h5,11-12,14H,4,6-10H2,1-3H3/t12-,14-/m1/s1. The van der Waals surface area contributed by atoms with Gasteiger partial charge in [0.1, 0.15) is 0 Å². The van der Waals surface area contributed by atoms with Crippen LogP contribution in [0.5, 0.6) is 0 Å². The van der Waals surface area contributed by atoms with Crippen LogP contribution < -0.4 is 0 Å². The Balaban J connectivity index is 1.72. The molecule has 2 bridgehead atoms. The Hall–Kier alpha value is -0.790. The van der Waals surface area contributed by atoms with Crippen molar-refractivity contribution in [1.29, 1.82) is 0 Å². The van der Waals surface area contributed by atoms with Gasteiger partial charge >= 0.3 is 0 Å². The van der Waals surface area contributed by atoms with Crippen molar-refractivity contribution in [3.63, 3.8) is 0 Å². The fraction of sp³-hybridized carbons (Fsp3) is 0.812. The third-order valence-corrected chi connectivity index (χ3v) is 5.79. The Morgan fingerprint density at radius 1 is 1.33 bits per heavy atom. The second-order valence-electron chi connectivity index (χ2n) is 7.18. The predicted molar refractivity (Wildman–Crippen MR) is 73.1 cm³/mol. The first kappa shape index (κ1) is 12.3. The first-order valence-electron chi connectivity index (χ1n) is 7.49. The van der Waals surface area contributed by atoms with Gasteiger partial charge < -0.3 is 4.90 Å². The van der Waals surface area contributed by atoms with Crippen LogP contribution in [0.3, 0.4) is 0 Å². The van der Waals surface area contributed by atoms with Gasteiger partial charge in [-0.2, -0.15) is 0 Å². The van der Waals surface area contributed by atoms with E-state index in [-0.39, 0.29) is 0 Å². The summed E-state index contributed by atoms with van der Waals surface area (Å²) in [7, 11) is 0. The van der Waals surface area contributed by atoms with Gasteiger partial charge in [0.05, 0.1) is 0 Å². The molecule has 2 fully saturated rings. The van der Waals surface area contributed by atoms with Gasteiger partial charge in [-0.25, -0.2) is 0 Å². The number of amides is 1. The molecule has 2 atom stereocenters. The summed E-state index contributed by atoms with van der Waals surface area (Å²) in [5.74, 6) is 2.49. The first-order valence-corrected chi connectivity index (χ1v) is 7.49. The van der Waals surface area contributed by atoms with Gasteiger partial charge in [0.25, 0.3) is 0 Å². The molecule has 4 aliphatic rings. The highest BCUT2D eigenvalue weighted by Crippen LogP contribution is 2.59. The van der Waals surface area contributed by atoms with Gasteiger partial charge in [0.15, 0.2) is 0 Å². The molecule has 18 heavy (non-hydrogen) atoms. The zero-order chi connectivity index (χ0) is 12.9. The van der Waals surface area contributed by atoms with Gasteiger partial charge in [-0.3, -0.25) is 4.79 Å². The molecular weight excluding hydrogens is 222 g/mol. The molecule has 0 spiro atoms. The van der Waals surface area contributed by atoms with E-state index in [4.69, 9.17) is 0 Å². The van der Waals surface area contributed by atoms with Crippen LogP contribution >= 0.6 is 0 Å². The zero-order valence-electron chi connectivity index (χ0n) is 11.9. The Morgan fingerprint density at radius 3 is 2.56 bits per heavy atom. The average Bonchev–Trinajstić information content (AvgIpc) is 2.38. The number of rotatable bonds is 1. The maximum atomic E-state index is 12.6. The summed E-state index contributed by atoms with van der Waals surface area (Å²) in [5.41, 5.74) is 1.50. The number of piperidine rings is 1. The van der Waals surface area contributed by atoms with Crippen molar-refractivity contribution >= 4 is 5.91 Å². The molecule has 2 nitrogen and oxygen atoms in total. The zero-order valence-corrected chi connectivity index (χ0v) is 11.9. The quantitative estimate of drug-likeness (QED) is 0.696. The number of nitrogens with zero attached hydrogens (tertiary/aromatic N) is 1. The molecule has 0 radical (unpaired) electrons. The Kier molecular flexibility index (Phi) is 2.80. The van der Waals surface area contributed by atoms with Crippen LogP contribution in [0.4, 0.5) is 0 Å². The SMILES string of the molecule is CC1CCN(C(=O)C2=CC[C@@H]3C[C@H]2C3(C)C)CC1. The molecule has 0 aromatic carbocycles. The van der Waals surface area contributed by atoms with Gasteiger partial charge in [-0.15, -0.1) is 0 Å². The van der Waals surface area contributed by atoms with E-state index in [1.54, 1.807) is 0 Å². The summed E-state index contributed by atoms with van der Waals surface area (Å²) in [4.78, 5) is 14.7. The molecule has 0 N–H and O–H groups in total. The normalized spacial score (nSPS) is 34.8. The van der Waals surface area contributed by atoms with E-state index in [9.17, 15) is 4.79 Å². The maximum Gasteiger partial charge on any atom is 0.249 e. The fourth-order valence-corrected chi connectivity index (χ4v) is 3.99. The summed E-state index contributed by atoms with van der Waals surface area (Å²) >= 11 is 0. The lowest BCUT2D eigenvalue weighted by molar-refractivity contribution is -0.132. The van der Waals surface area contributed by atoms with Crippen LogP contribution in [0.2, 0.25) is 0 Å². The van der Waals surface area contributed by atoms with Gasteiger partial charge in [-0.05, 0) is 48.9 Å². The van der Waals surface area contributed by atoms with Crippen molar-refractivity contribution < 1.29 is 4.79 Å². The molecule has 1 saturated heterocycles. The Bertz CT molecular complexity index is 388. The van der Waals surface area contributed by atoms with E-state index in [1.807, 2.05) is 0 Å². The smallest absolute Gasteiger partial charge is 0.249 e. The maximum absolute atomic E-state index is 12.6. The first-order chi connectivity index (χ1) is 8.50. The molecule has 1 amide bonds. The lowest BCUT2D eigenvalue weighted by Crippen LogP contribution is -2.52. The summed E-state index contributed by atoms with van der Waals surface area (Å²) in [6, 6.07) is 0. The predicted octanol–water partition coefficient (Wildman–Crippen LogP) is 3.24. The fourth-order valence-electron chi connectivity index (χ4n) is 3.99. The van der Waals surface area contributed by atoms with Crippen molar-refractivity contribution in [3.8, 4) is 0 Å². The molecule has 0 aromatic heterocycles. The number of hydrogen-bond donors (Lipinski definition) is 0. The molecular formula is C16H25NO. The van der Waals surface area contributed by atoms with E-state index >= 15 is 0 Å². The van der Waals surface area contributed by atoms with E-state index in [0.29, 0.717) is 17.2 Å². The Morgan fingerprint density at radius 2 is 2.00 bits per heavy atom. The van der Waals surface area contributed by atoms with Crippen LogP contribution in [0.1, 0.15) is 46.5 Å². The highest BCUT2D eigenvalue weighted by molar-refractivity contribution is 5.94. The minimum atomic E-state index is 0.345. The summed E-state index contributed by atoms with van der Waals surface area (Å²) in [6.45, 7) is 8.90. The van der Waals surface area contributed by atoms with E-state index < -0.39 is 0 Å². The lowest BCUT2D eigenvalue weighted by Gasteiger charge is -2.56. The second-order valence-corrected chi connectivity index (χ2v) is 7.18. The van der Waals surface area contributed by atoms with E-state index in [0.717, 1.165) is 36.9 Å². The number of allylic oxidation sites excluding steroid dienone is 1. The van der Waals surface area contributed by atoms with Gasteiger partial charge in [0.2, 0.25) is 5.91 Å².